The van der Waals surface area contributed by atoms with Gasteiger partial charge in [-0.1, -0.05) is 0 Å². The molecular formula is C11H24N2O2. The van der Waals surface area contributed by atoms with Gasteiger partial charge in [-0.3, -0.25) is 4.79 Å². The van der Waals surface area contributed by atoms with Crippen LogP contribution >= 0.6 is 0 Å². The molecule has 1 unspecified atom stereocenters. The highest BCUT2D eigenvalue weighted by atomic mass is 16.5. The number of likely N-dealkylation sites (N-methyl/N-ethyl adjacent to an activating group) is 1. The second-order valence-electron chi connectivity index (χ2n) is 4.53. The first-order chi connectivity index (χ1) is 6.87. The van der Waals surface area contributed by atoms with Crippen LogP contribution in [0.3, 0.4) is 0 Å². The predicted molar refractivity (Wildman–Crippen MR) is 61.9 cm³/mol. The van der Waals surface area contributed by atoms with Gasteiger partial charge in [-0.05, 0) is 34.6 Å². The number of hydrogen-bond acceptors (Lipinski definition) is 3. The van der Waals surface area contributed by atoms with Crippen molar-refractivity contribution in [1.82, 2.24) is 10.6 Å². The normalized spacial score (nSPS) is 13.7. The van der Waals surface area contributed by atoms with Crippen molar-refractivity contribution in [3.63, 3.8) is 0 Å². The van der Waals surface area contributed by atoms with Gasteiger partial charge < -0.3 is 15.4 Å². The Kier molecular flexibility index (Phi) is 6.52. The summed E-state index contributed by atoms with van der Waals surface area (Å²) in [6, 6.07) is -0.159. The minimum Gasteiger partial charge on any atom is -0.375 e. The van der Waals surface area contributed by atoms with Gasteiger partial charge in [0.1, 0.15) is 0 Å². The van der Waals surface area contributed by atoms with Crippen LogP contribution < -0.4 is 10.6 Å². The number of ether oxygens (including phenoxy) is 1. The molecule has 0 aromatic heterocycles. The average Bonchev–Trinajstić information content (AvgIpc) is 2.11. The van der Waals surface area contributed by atoms with E-state index in [9.17, 15) is 4.79 Å². The summed E-state index contributed by atoms with van der Waals surface area (Å²) in [6.07, 6.45) is 0. The molecule has 15 heavy (non-hydrogen) atoms. The maximum Gasteiger partial charge on any atom is 0.236 e. The molecular weight excluding hydrogens is 192 g/mol. The summed E-state index contributed by atoms with van der Waals surface area (Å²) in [4.78, 5) is 11.3. The lowest BCUT2D eigenvalue weighted by molar-refractivity contribution is -0.122. The van der Waals surface area contributed by atoms with Gasteiger partial charge >= 0.3 is 0 Å². The van der Waals surface area contributed by atoms with Crippen molar-refractivity contribution >= 4 is 5.91 Å². The smallest absolute Gasteiger partial charge is 0.236 e. The van der Waals surface area contributed by atoms with Gasteiger partial charge in [0.05, 0.1) is 18.2 Å². The minimum absolute atomic E-state index is 0.0354. The van der Waals surface area contributed by atoms with Gasteiger partial charge in [-0.2, -0.15) is 0 Å². The van der Waals surface area contributed by atoms with E-state index < -0.39 is 0 Å². The molecule has 1 atom stereocenters. The van der Waals surface area contributed by atoms with E-state index in [0.29, 0.717) is 19.7 Å². The highest BCUT2D eigenvalue weighted by molar-refractivity contribution is 5.81. The Balaban J connectivity index is 3.55. The Hall–Kier alpha value is -0.610. The summed E-state index contributed by atoms with van der Waals surface area (Å²) >= 11 is 0. The summed E-state index contributed by atoms with van der Waals surface area (Å²) in [6.45, 7) is 11.8. The van der Waals surface area contributed by atoms with Gasteiger partial charge in [0, 0.05) is 13.1 Å². The van der Waals surface area contributed by atoms with Crippen LogP contribution in [0.4, 0.5) is 0 Å². The van der Waals surface area contributed by atoms with Gasteiger partial charge in [0.25, 0.3) is 0 Å². The molecule has 0 heterocycles. The van der Waals surface area contributed by atoms with Gasteiger partial charge in [-0.15, -0.1) is 0 Å². The van der Waals surface area contributed by atoms with Crippen LogP contribution in [-0.2, 0) is 9.53 Å². The molecule has 0 saturated carbocycles. The Morgan fingerprint density at radius 2 is 2.00 bits per heavy atom. The summed E-state index contributed by atoms with van der Waals surface area (Å²) in [5.74, 6) is 0.0354. The summed E-state index contributed by atoms with van der Waals surface area (Å²) < 4.78 is 5.53. The zero-order valence-electron chi connectivity index (χ0n) is 10.5. The lowest BCUT2D eigenvalue weighted by Crippen LogP contribution is -2.43. The molecule has 0 fully saturated rings. The second-order valence-corrected chi connectivity index (χ2v) is 4.53. The van der Waals surface area contributed by atoms with E-state index in [1.165, 1.54) is 0 Å². The number of amides is 1. The Morgan fingerprint density at radius 3 is 2.47 bits per heavy atom. The molecule has 0 aromatic rings. The number of carbonyl (C=O) groups is 1. The molecule has 0 aliphatic heterocycles. The van der Waals surface area contributed by atoms with Crippen molar-refractivity contribution in [1.29, 1.82) is 0 Å². The predicted octanol–water partition coefficient (Wildman–Crippen LogP) is 0.916. The fourth-order valence-electron chi connectivity index (χ4n) is 1.05. The third kappa shape index (κ3) is 8.39. The molecule has 0 saturated heterocycles. The largest absolute Gasteiger partial charge is 0.375 e. The van der Waals surface area contributed by atoms with E-state index in [2.05, 4.69) is 10.6 Å². The zero-order valence-corrected chi connectivity index (χ0v) is 10.5. The Labute approximate surface area is 92.8 Å². The van der Waals surface area contributed by atoms with Crippen LogP contribution in [0.2, 0.25) is 0 Å². The fourth-order valence-corrected chi connectivity index (χ4v) is 1.05. The van der Waals surface area contributed by atoms with E-state index in [0.717, 1.165) is 0 Å². The van der Waals surface area contributed by atoms with Crippen LogP contribution in [0.5, 0.6) is 0 Å². The molecule has 0 rings (SSSR count). The van der Waals surface area contributed by atoms with Crippen LogP contribution in [-0.4, -0.2) is 37.2 Å². The third-order valence-electron chi connectivity index (χ3n) is 1.83. The molecule has 4 heteroatoms. The maximum atomic E-state index is 11.3. The average molecular weight is 216 g/mol. The molecule has 0 spiro atoms. The third-order valence-corrected chi connectivity index (χ3v) is 1.83. The SMILES string of the molecule is CCNC(=O)C(C)NCCOC(C)(C)C. The fraction of sp³-hybridized carbons (Fsp3) is 0.909. The highest BCUT2D eigenvalue weighted by Crippen LogP contribution is 2.05. The zero-order chi connectivity index (χ0) is 11.9. The van der Waals surface area contributed by atoms with Crippen molar-refractivity contribution in [3.8, 4) is 0 Å². The molecule has 0 bridgehead atoms. The minimum atomic E-state index is -0.159. The van der Waals surface area contributed by atoms with Crippen LogP contribution in [0.1, 0.15) is 34.6 Å². The van der Waals surface area contributed by atoms with Crippen LogP contribution in [0, 0.1) is 0 Å². The lowest BCUT2D eigenvalue weighted by atomic mass is 10.2. The highest BCUT2D eigenvalue weighted by Gasteiger charge is 2.12. The van der Waals surface area contributed by atoms with E-state index in [1.54, 1.807) is 0 Å². The molecule has 0 aromatic carbocycles. The van der Waals surface area contributed by atoms with Crippen molar-refractivity contribution in [2.75, 3.05) is 19.7 Å². The first-order valence-electron chi connectivity index (χ1n) is 5.52. The molecule has 0 radical (unpaired) electrons. The summed E-state index contributed by atoms with van der Waals surface area (Å²) in [5.41, 5.74) is -0.114. The van der Waals surface area contributed by atoms with Crippen LogP contribution in [0.25, 0.3) is 0 Å². The van der Waals surface area contributed by atoms with E-state index in [-0.39, 0.29) is 17.6 Å². The maximum absolute atomic E-state index is 11.3. The molecule has 4 nitrogen and oxygen atoms in total. The quantitative estimate of drug-likeness (QED) is 0.649. The molecule has 1 amide bonds. The summed E-state index contributed by atoms with van der Waals surface area (Å²) in [5, 5.41) is 5.86. The number of rotatable bonds is 6. The molecule has 90 valence electrons. The van der Waals surface area contributed by atoms with Crippen LogP contribution in [0.15, 0.2) is 0 Å². The van der Waals surface area contributed by atoms with Gasteiger partial charge in [-0.25, -0.2) is 0 Å². The topological polar surface area (TPSA) is 50.4 Å². The lowest BCUT2D eigenvalue weighted by Gasteiger charge is -2.20. The standard InChI is InChI=1S/C11H24N2O2/c1-6-12-10(14)9(2)13-7-8-15-11(3,4)5/h9,13H,6-8H2,1-5H3,(H,12,14). The second kappa shape index (κ2) is 6.80. The first-order valence-corrected chi connectivity index (χ1v) is 5.52. The first kappa shape index (κ1) is 14.4. The Bertz CT molecular complexity index is 188. The Morgan fingerprint density at radius 1 is 1.40 bits per heavy atom. The molecule has 0 aliphatic carbocycles. The van der Waals surface area contributed by atoms with Crippen molar-refractivity contribution in [2.24, 2.45) is 0 Å². The van der Waals surface area contributed by atoms with Crippen molar-refractivity contribution in [2.45, 2.75) is 46.3 Å². The number of hydrogen-bond donors (Lipinski definition) is 2. The van der Waals surface area contributed by atoms with E-state index in [1.807, 2.05) is 34.6 Å². The van der Waals surface area contributed by atoms with Gasteiger partial charge in [0.2, 0.25) is 5.91 Å². The van der Waals surface area contributed by atoms with Crippen molar-refractivity contribution in [3.05, 3.63) is 0 Å². The number of carbonyl (C=O) groups excluding carboxylic acids is 1. The van der Waals surface area contributed by atoms with Crippen molar-refractivity contribution < 1.29 is 9.53 Å². The molecule has 2 N–H and O–H groups in total. The van der Waals surface area contributed by atoms with E-state index >= 15 is 0 Å². The number of nitrogens with one attached hydrogen (secondary N) is 2. The summed E-state index contributed by atoms with van der Waals surface area (Å²) in [7, 11) is 0. The van der Waals surface area contributed by atoms with E-state index in [4.69, 9.17) is 4.74 Å². The monoisotopic (exact) mass is 216 g/mol. The van der Waals surface area contributed by atoms with Gasteiger partial charge in [0.15, 0.2) is 0 Å². The molecule has 0 aliphatic rings.